The van der Waals surface area contributed by atoms with Crippen LogP contribution in [0.2, 0.25) is 0 Å². The van der Waals surface area contributed by atoms with Crippen LogP contribution in [0.15, 0.2) is 0 Å². The van der Waals surface area contributed by atoms with Gasteiger partial charge in [-0.25, -0.2) is 0 Å². The predicted octanol–water partition coefficient (Wildman–Crippen LogP) is 0.700. The van der Waals surface area contributed by atoms with E-state index in [2.05, 4.69) is 12.2 Å². The van der Waals surface area contributed by atoms with Crippen LogP contribution in [0.25, 0.3) is 0 Å². The molecule has 0 radical (unpaired) electrons. The van der Waals surface area contributed by atoms with Crippen molar-refractivity contribution in [3.05, 3.63) is 0 Å². The Bertz CT molecular complexity index is 240. The van der Waals surface area contributed by atoms with Gasteiger partial charge in [-0.2, -0.15) is 0 Å². The highest BCUT2D eigenvalue weighted by Gasteiger charge is 2.22. The highest BCUT2D eigenvalue weighted by atomic mass is 16.5. The molecule has 0 saturated carbocycles. The standard InChI is InChI=1S/C14H27NO4/c1-11(14-5-3-7-19-14)15-8-12(16)9-17-10-13-4-2-6-18-13/h11-16H,2-10H2,1H3. The summed E-state index contributed by atoms with van der Waals surface area (Å²) >= 11 is 0. The van der Waals surface area contributed by atoms with Gasteiger partial charge in [0.25, 0.3) is 0 Å². The fourth-order valence-electron chi connectivity index (χ4n) is 2.62. The first-order chi connectivity index (χ1) is 9.25. The van der Waals surface area contributed by atoms with Crippen molar-refractivity contribution >= 4 is 0 Å². The lowest BCUT2D eigenvalue weighted by Crippen LogP contribution is -2.42. The number of hydrogen-bond acceptors (Lipinski definition) is 5. The van der Waals surface area contributed by atoms with Gasteiger partial charge in [0.15, 0.2) is 0 Å². The summed E-state index contributed by atoms with van der Waals surface area (Å²) in [6.45, 7) is 5.33. The third kappa shape index (κ3) is 5.36. The monoisotopic (exact) mass is 273 g/mol. The van der Waals surface area contributed by atoms with Gasteiger partial charge in [-0.3, -0.25) is 0 Å². The highest BCUT2D eigenvalue weighted by molar-refractivity contribution is 4.77. The zero-order chi connectivity index (χ0) is 13.5. The number of aliphatic hydroxyl groups is 1. The van der Waals surface area contributed by atoms with Crippen molar-refractivity contribution in [1.29, 1.82) is 0 Å². The molecule has 0 spiro atoms. The highest BCUT2D eigenvalue weighted by Crippen LogP contribution is 2.15. The number of hydrogen-bond donors (Lipinski definition) is 2. The van der Waals surface area contributed by atoms with Gasteiger partial charge in [-0.1, -0.05) is 0 Å². The molecular formula is C14H27NO4. The first kappa shape index (κ1) is 15.2. The van der Waals surface area contributed by atoms with Gasteiger partial charge < -0.3 is 24.6 Å². The Morgan fingerprint density at radius 3 is 2.74 bits per heavy atom. The SMILES string of the molecule is CC(NCC(O)COCC1CCCO1)C1CCCO1. The third-order valence-electron chi connectivity index (χ3n) is 3.84. The van der Waals surface area contributed by atoms with E-state index in [1.165, 1.54) is 0 Å². The van der Waals surface area contributed by atoms with Gasteiger partial charge in [-0.15, -0.1) is 0 Å². The quantitative estimate of drug-likeness (QED) is 0.682. The van der Waals surface area contributed by atoms with Crippen LogP contribution >= 0.6 is 0 Å². The molecule has 2 heterocycles. The molecule has 2 aliphatic heterocycles. The number of aliphatic hydroxyl groups excluding tert-OH is 1. The molecule has 2 saturated heterocycles. The molecule has 4 unspecified atom stereocenters. The molecule has 0 aromatic heterocycles. The summed E-state index contributed by atoms with van der Waals surface area (Å²) in [6.07, 6.45) is 4.50. The van der Waals surface area contributed by atoms with Crippen molar-refractivity contribution in [3.63, 3.8) is 0 Å². The summed E-state index contributed by atoms with van der Waals surface area (Å²) in [5.74, 6) is 0. The molecule has 5 nitrogen and oxygen atoms in total. The minimum Gasteiger partial charge on any atom is -0.389 e. The Balaban J connectivity index is 1.49. The smallest absolute Gasteiger partial charge is 0.0897 e. The van der Waals surface area contributed by atoms with Crippen molar-refractivity contribution in [2.45, 2.75) is 57.0 Å². The fraction of sp³-hybridized carbons (Fsp3) is 1.00. The van der Waals surface area contributed by atoms with Crippen LogP contribution in [0.4, 0.5) is 0 Å². The minimum atomic E-state index is -0.467. The second kappa shape index (κ2) is 8.17. The van der Waals surface area contributed by atoms with Crippen molar-refractivity contribution in [2.24, 2.45) is 0 Å². The van der Waals surface area contributed by atoms with Crippen LogP contribution in [-0.4, -0.2) is 62.4 Å². The Morgan fingerprint density at radius 1 is 1.26 bits per heavy atom. The zero-order valence-electron chi connectivity index (χ0n) is 11.8. The summed E-state index contributed by atoms with van der Waals surface area (Å²) < 4.78 is 16.6. The van der Waals surface area contributed by atoms with E-state index in [0.29, 0.717) is 25.9 Å². The van der Waals surface area contributed by atoms with Gasteiger partial charge >= 0.3 is 0 Å². The first-order valence-corrected chi connectivity index (χ1v) is 7.48. The topological polar surface area (TPSA) is 60.0 Å². The van der Waals surface area contributed by atoms with Crippen molar-refractivity contribution in [1.82, 2.24) is 5.32 Å². The average molecular weight is 273 g/mol. The average Bonchev–Trinajstić information content (AvgIpc) is 3.08. The molecule has 112 valence electrons. The lowest BCUT2D eigenvalue weighted by atomic mass is 10.1. The van der Waals surface area contributed by atoms with E-state index in [1.807, 2.05) is 0 Å². The second-order valence-corrected chi connectivity index (χ2v) is 5.57. The normalized spacial score (nSPS) is 30.6. The Labute approximate surface area is 115 Å². The molecule has 2 fully saturated rings. The van der Waals surface area contributed by atoms with E-state index >= 15 is 0 Å². The molecular weight excluding hydrogens is 246 g/mol. The minimum absolute atomic E-state index is 0.228. The second-order valence-electron chi connectivity index (χ2n) is 5.57. The third-order valence-corrected chi connectivity index (χ3v) is 3.84. The molecule has 5 heteroatoms. The molecule has 0 bridgehead atoms. The van der Waals surface area contributed by atoms with Crippen LogP contribution in [0.5, 0.6) is 0 Å². The Morgan fingerprint density at radius 2 is 2.05 bits per heavy atom. The van der Waals surface area contributed by atoms with Crippen molar-refractivity contribution in [2.75, 3.05) is 33.0 Å². The van der Waals surface area contributed by atoms with E-state index in [-0.39, 0.29) is 12.1 Å². The number of ether oxygens (including phenoxy) is 3. The largest absolute Gasteiger partial charge is 0.389 e. The van der Waals surface area contributed by atoms with Crippen LogP contribution in [0, 0.1) is 0 Å². The molecule has 0 aromatic carbocycles. The van der Waals surface area contributed by atoms with Gasteiger partial charge in [0.1, 0.15) is 0 Å². The molecule has 4 atom stereocenters. The molecule has 0 aliphatic carbocycles. The van der Waals surface area contributed by atoms with E-state index in [1.54, 1.807) is 0 Å². The molecule has 2 N–H and O–H groups in total. The molecule has 2 aliphatic rings. The Hall–Kier alpha value is -0.200. The van der Waals surface area contributed by atoms with Crippen molar-refractivity contribution < 1.29 is 19.3 Å². The summed E-state index contributed by atoms with van der Waals surface area (Å²) in [5, 5.41) is 13.2. The maximum Gasteiger partial charge on any atom is 0.0897 e. The first-order valence-electron chi connectivity index (χ1n) is 7.48. The van der Waals surface area contributed by atoms with Crippen LogP contribution < -0.4 is 5.32 Å². The summed E-state index contributed by atoms with van der Waals surface area (Å²) in [6, 6.07) is 0.287. The van der Waals surface area contributed by atoms with Gasteiger partial charge in [0.2, 0.25) is 0 Å². The molecule has 0 aromatic rings. The number of nitrogens with one attached hydrogen (secondary N) is 1. The van der Waals surface area contributed by atoms with Gasteiger partial charge in [0.05, 0.1) is 31.5 Å². The zero-order valence-corrected chi connectivity index (χ0v) is 11.8. The van der Waals surface area contributed by atoms with E-state index < -0.39 is 6.10 Å². The molecule has 19 heavy (non-hydrogen) atoms. The van der Waals surface area contributed by atoms with Gasteiger partial charge in [0, 0.05) is 25.8 Å². The van der Waals surface area contributed by atoms with Crippen molar-refractivity contribution in [3.8, 4) is 0 Å². The summed E-state index contributed by atoms with van der Waals surface area (Å²) in [4.78, 5) is 0. The van der Waals surface area contributed by atoms with E-state index in [0.717, 1.165) is 38.9 Å². The fourth-order valence-corrected chi connectivity index (χ4v) is 2.62. The summed E-state index contributed by atoms with van der Waals surface area (Å²) in [7, 11) is 0. The lowest BCUT2D eigenvalue weighted by molar-refractivity contribution is -0.0182. The Kier molecular flexibility index (Phi) is 6.53. The maximum absolute atomic E-state index is 9.85. The van der Waals surface area contributed by atoms with E-state index in [9.17, 15) is 5.11 Å². The van der Waals surface area contributed by atoms with Crippen LogP contribution in [0.1, 0.15) is 32.6 Å². The van der Waals surface area contributed by atoms with Gasteiger partial charge in [-0.05, 0) is 32.6 Å². The van der Waals surface area contributed by atoms with Crippen LogP contribution in [-0.2, 0) is 14.2 Å². The maximum atomic E-state index is 9.85. The lowest BCUT2D eigenvalue weighted by Gasteiger charge is -2.22. The number of rotatable bonds is 8. The molecule has 2 rings (SSSR count). The molecule has 0 amide bonds. The van der Waals surface area contributed by atoms with E-state index in [4.69, 9.17) is 14.2 Å². The predicted molar refractivity (Wildman–Crippen MR) is 72.2 cm³/mol. The summed E-state index contributed by atoms with van der Waals surface area (Å²) in [5.41, 5.74) is 0. The van der Waals surface area contributed by atoms with Crippen LogP contribution in [0.3, 0.4) is 0 Å².